The largest absolute Gasteiger partial charge is 0.493 e. The summed E-state index contributed by atoms with van der Waals surface area (Å²) in [5.74, 6) is 0.843. The molecule has 1 N–H and O–H groups in total. The maximum atomic E-state index is 13.1. The van der Waals surface area contributed by atoms with Crippen LogP contribution in [0.15, 0.2) is 41.3 Å². The van der Waals surface area contributed by atoms with Crippen LogP contribution in [0.3, 0.4) is 0 Å². The molecule has 9 heteroatoms. The summed E-state index contributed by atoms with van der Waals surface area (Å²) in [6.45, 7) is 4.51. The molecule has 0 amide bonds. The molecule has 1 aliphatic rings. The Labute approximate surface area is 182 Å². The smallest absolute Gasteiger partial charge is 0.241 e. The number of nitrogens with zero attached hydrogens (tertiary/aromatic N) is 1. The number of nitrogens with one attached hydrogen (secondary N) is 1. The molecule has 1 unspecified atom stereocenters. The normalized spacial score (nSPS) is 16.3. The highest BCUT2D eigenvalue weighted by atomic mass is 35.5. The third kappa shape index (κ3) is 5.07. The fourth-order valence-corrected chi connectivity index (χ4v) is 5.13. The van der Waals surface area contributed by atoms with E-state index in [0.717, 1.165) is 5.56 Å². The number of morpholine rings is 1. The first-order valence-electron chi connectivity index (χ1n) is 9.66. The van der Waals surface area contributed by atoms with Crippen molar-refractivity contribution >= 4 is 21.6 Å². The number of methoxy groups -OCH3 is 2. The first-order chi connectivity index (χ1) is 14.4. The third-order valence-electron chi connectivity index (χ3n) is 5.19. The number of hydrogen-bond acceptors (Lipinski definition) is 6. The van der Waals surface area contributed by atoms with Gasteiger partial charge < -0.3 is 14.2 Å². The van der Waals surface area contributed by atoms with E-state index in [2.05, 4.69) is 9.62 Å². The van der Waals surface area contributed by atoms with Crippen molar-refractivity contribution in [3.05, 3.63) is 52.5 Å². The van der Waals surface area contributed by atoms with Crippen molar-refractivity contribution in [2.24, 2.45) is 0 Å². The molecule has 0 radical (unpaired) electrons. The highest BCUT2D eigenvalue weighted by Gasteiger charge is 2.27. The number of hydrogen-bond donors (Lipinski definition) is 1. The van der Waals surface area contributed by atoms with Crippen LogP contribution in [0.1, 0.15) is 17.2 Å². The van der Waals surface area contributed by atoms with Crippen LogP contribution in [0.5, 0.6) is 11.5 Å². The fraction of sp³-hybridized carbons (Fsp3) is 0.429. The molecule has 7 nitrogen and oxygen atoms in total. The number of rotatable bonds is 8. The zero-order valence-corrected chi connectivity index (χ0v) is 18.9. The number of benzene rings is 2. The van der Waals surface area contributed by atoms with E-state index in [0.29, 0.717) is 48.4 Å². The second-order valence-electron chi connectivity index (χ2n) is 7.01. The maximum absolute atomic E-state index is 13.1. The maximum Gasteiger partial charge on any atom is 0.241 e. The molecule has 2 aromatic rings. The van der Waals surface area contributed by atoms with Crippen LogP contribution >= 0.6 is 11.6 Å². The second-order valence-corrected chi connectivity index (χ2v) is 9.15. The quantitative estimate of drug-likeness (QED) is 0.660. The van der Waals surface area contributed by atoms with Gasteiger partial charge in [0, 0.05) is 36.8 Å². The van der Waals surface area contributed by atoms with Gasteiger partial charge >= 0.3 is 0 Å². The molecule has 164 valence electrons. The molecular weight excluding hydrogens is 428 g/mol. The standard InChI is InChI=1S/C21H27ClN2O5S/c1-15-12-19(27-2)20(28-3)13-21(15)30(25,26)23-14-18(24-8-10-29-11-9-24)16-6-4-5-7-17(16)22/h4-7,12-13,18,23H,8-11,14H2,1-3H3. The Morgan fingerprint density at radius 3 is 2.40 bits per heavy atom. The zero-order valence-electron chi connectivity index (χ0n) is 17.4. The fourth-order valence-electron chi connectivity index (χ4n) is 3.59. The van der Waals surface area contributed by atoms with Gasteiger partial charge in [-0.1, -0.05) is 29.8 Å². The predicted molar refractivity (Wildman–Crippen MR) is 116 cm³/mol. The van der Waals surface area contributed by atoms with Crippen LogP contribution in [0, 0.1) is 6.92 Å². The van der Waals surface area contributed by atoms with E-state index in [1.807, 2.05) is 24.3 Å². The average Bonchev–Trinajstić information content (AvgIpc) is 2.75. The topological polar surface area (TPSA) is 77.1 Å². The van der Waals surface area contributed by atoms with E-state index in [-0.39, 0.29) is 17.5 Å². The van der Waals surface area contributed by atoms with Gasteiger partial charge in [-0.2, -0.15) is 0 Å². The van der Waals surface area contributed by atoms with Crippen molar-refractivity contribution in [2.45, 2.75) is 17.9 Å². The van der Waals surface area contributed by atoms with Crippen molar-refractivity contribution in [1.82, 2.24) is 9.62 Å². The van der Waals surface area contributed by atoms with Crippen LogP contribution < -0.4 is 14.2 Å². The van der Waals surface area contributed by atoms with E-state index in [1.54, 1.807) is 13.0 Å². The summed E-state index contributed by atoms with van der Waals surface area (Å²) < 4.78 is 45.0. The Kier molecular flexibility index (Phi) is 7.60. The summed E-state index contributed by atoms with van der Waals surface area (Å²) in [5, 5.41) is 0.607. The molecule has 0 bridgehead atoms. The molecule has 0 spiro atoms. The molecule has 1 fully saturated rings. The van der Waals surface area contributed by atoms with Gasteiger partial charge in [-0.3, -0.25) is 4.90 Å². The lowest BCUT2D eigenvalue weighted by Gasteiger charge is -2.35. The number of aryl methyl sites for hydroxylation is 1. The minimum Gasteiger partial charge on any atom is -0.493 e. The summed E-state index contributed by atoms with van der Waals surface area (Å²) in [4.78, 5) is 2.34. The highest BCUT2D eigenvalue weighted by molar-refractivity contribution is 7.89. The monoisotopic (exact) mass is 454 g/mol. The molecule has 0 aliphatic carbocycles. The first kappa shape index (κ1) is 22.8. The Balaban J connectivity index is 1.88. The lowest BCUT2D eigenvalue weighted by atomic mass is 10.0. The van der Waals surface area contributed by atoms with Gasteiger partial charge in [-0.25, -0.2) is 13.1 Å². The molecule has 3 rings (SSSR count). The summed E-state index contributed by atoms with van der Waals surface area (Å²) in [7, 11) is -0.800. The summed E-state index contributed by atoms with van der Waals surface area (Å²) in [5.41, 5.74) is 1.45. The van der Waals surface area contributed by atoms with E-state index in [1.165, 1.54) is 20.3 Å². The number of sulfonamides is 1. The van der Waals surface area contributed by atoms with E-state index < -0.39 is 10.0 Å². The van der Waals surface area contributed by atoms with Gasteiger partial charge in [-0.05, 0) is 30.2 Å². The molecule has 2 aromatic carbocycles. The first-order valence-corrected chi connectivity index (χ1v) is 11.5. The Morgan fingerprint density at radius 2 is 1.77 bits per heavy atom. The van der Waals surface area contributed by atoms with Crippen LogP contribution in [0.25, 0.3) is 0 Å². The van der Waals surface area contributed by atoms with E-state index >= 15 is 0 Å². The highest BCUT2D eigenvalue weighted by Crippen LogP contribution is 2.33. The van der Waals surface area contributed by atoms with Gasteiger partial charge in [-0.15, -0.1) is 0 Å². The molecule has 0 saturated carbocycles. The van der Waals surface area contributed by atoms with Crippen molar-refractivity contribution in [1.29, 1.82) is 0 Å². The Bertz CT molecular complexity index is 977. The van der Waals surface area contributed by atoms with Crippen molar-refractivity contribution in [3.63, 3.8) is 0 Å². The molecule has 1 heterocycles. The van der Waals surface area contributed by atoms with Gasteiger partial charge in [0.2, 0.25) is 10.0 Å². The minimum absolute atomic E-state index is 0.153. The van der Waals surface area contributed by atoms with Crippen molar-refractivity contribution < 1.29 is 22.6 Å². The van der Waals surface area contributed by atoms with Gasteiger partial charge in [0.05, 0.1) is 32.3 Å². The molecule has 0 aromatic heterocycles. The molecule has 1 saturated heterocycles. The van der Waals surface area contributed by atoms with E-state index in [9.17, 15) is 8.42 Å². The van der Waals surface area contributed by atoms with Crippen LogP contribution in [-0.2, 0) is 14.8 Å². The minimum atomic E-state index is -3.79. The Hall–Kier alpha value is -1.84. The summed E-state index contributed by atoms with van der Waals surface area (Å²) in [6, 6.07) is 10.4. The predicted octanol–water partition coefficient (Wildman–Crippen LogP) is 3.02. The van der Waals surface area contributed by atoms with Crippen LogP contribution in [0.2, 0.25) is 5.02 Å². The Morgan fingerprint density at radius 1 is 1.13 bits per heavy atom. The zero-order chi connectivity index (χ0) is 21.7. The van der Waals surface area contributed by atoms with Crippen LogP contribution in [0.4, 0.5) is 0 Å². The lowest BCUT2D eigenvalue weighted by Crippen LogP contribution is -2.44. The van der Waals surface area contributed by atoms with Crippen LogP contribution in [-0.4, -0.2) is 60.4 Å². The molecule has 1 atom stereocenters. The number of halogens is 1. The van der Waals surface area contributed by atoms with Gasteiger partial charge in [0.25, 0.3) is 0 Å². The molecule has 1 aliphatic heterocycles. The van der Waals surface area contributed by atoms with Crippen molar-refractivity contribution in [2.75, 3.05) is 47.1 Å². The molecule has 30 heavy (non-hydrogen) atoms. The number of ether oxygens (including phenoxy) is 3. The molecular formula is C21H27ClN2O5S. The van der Waals surface area contributed by atoms with Gasteiger partial charge in [0.1, 0.15) is 0 Å². The van der Waals surface area contributed by atoms with Gasteiger partial charge in [0.15, 0.2) is 11.5 Å². The average molecular weight is 455 g/mol. The van der Waals surface area contributed by atoms with E-state index in [4.69, 9.17) is 25.8 Å². The van der Waals surface area contributed by atoms with Crippen molar-refractivity contribution in [3.8, 4) is 11.5 Å². The second kappa shape index (κ2) is 9.98. The summed E-state index contributed by atoms with van der Waals surface area (Å²) >= 11 is 6.44. The lowest BCUT2D eigenvalue weighted by molar-refractivity contribution is 0.0172. The SMILES string of the molecule is COc1cc(C)c(S(=O)(=O)NCC(c2ccccc2Cl)N2CCOCC2)cc1OC. The summed E-state index contributed by atoms with van der Waals surface area (Å²) in [6.07, 6.45) is 0. The third-order valence-corrected chi connectivity index (χ3v) is 7.10.